The minimum absolute atomic E-state index is 0.0647. The number of hydrogen-bond acceptors (Lipinski definition) is 4. The van der Waals surface area contributed by atoms with Crippen LogP contribution in [0.25, 0.3) is 0 Å². The first-order valence-corrected chi connectivity index (χ1v) is 8.24. The fourth-order valence-electron chi connectivity index (χ4n) is 2.90. The maximum atomic E-state index is 12.5. The molecular formula is C19H20N2O4. The van der Waals surface area contributed by atoms with E-state index in [0.29, 0.717) is 37.8 Å². The van der Waals surface area contributed by atoms with Gasteiger partial charge in [0.15, 0.2) is 0 Å². The Kier molecular flexibility index (Phi) is 5.40. The molecule has 3 rings (SSSR count). The number of nitrogens with zero attached hydrogens (tertiary/aromatic N) is 2. The molecule has 2 heterocycles. The van der Waals surface area contributed by atoms with Crippen LogP contribution in [0.3, 0.4) is 0 Å². The third kappa shape index (κ3) is 4.42. The molecule has 1 aliphatic rings. The molecule has 2 aromatic rings. The molecule has 1 unspecified atom stereocenters. The molecule has 6 heteroatoms. The van der Waals surface area contributed by atoms with Crippen molar-refractivity contribution in [2.24, 2.45) is 5.92 Å². The number of likely N-dealkylation sites (tertiary alicyclic amines) is 1. The molecule has 0 spiro atoms. The van der Waals surface area contributed by atoms with Crippen molar-refractivity contribution in [1.29, 1.82) is 0 Å². The Labute approximate surface area is 146 Å². The predicted octanol–water partition coefficient (Wildman–Crippen LogP) is 2.46. The van der Waals surface area contributed by atoms with Crippen LogP contribution in [0, 0.1) is 5.92 Å². The molecule has 25 heavy (non-hydrogen) atoms. The second-order valence-electron chi connectivity index (χ2n) is 6.14. The zero-order valence-corrected chi connectivity index (χ0v) is 13.8. The average Bonchev–Trinajstić information content (AvgIpc) is 3.11. The van der Waals surface area contributed by atoms with Gasteiger partial charge in [0.25, 0.3) is 5.91 Å². The highest BCUT2D eigenvalue weighted by atomic mass is 16.5. The Morgan fingerprint density at radius 1 is 1.20 bits per heavy atom. The number of carbonyl (C=O) groups excluding carboxylic acids is 1. The number of aromatic carboxylic acids is 1. The van der Waals surface area contributed by atoms with Gasteiger partial charge in [-0.25, -0.2) is 9.78 Å². The molecule has 6 nitrogen and oxygen atoms in total. The van der Waals surface area contributed by atoms with Crippen molar-refractivity contribution < 1.29 is 19.4 Å². The summed E-state index contributed by atoms with van der Waals surface area (Å²) in [7, 11) is 0. The Balaban J connectivity index is 1.48. The number of carboxylic acid groups (broad SMARTS) is 1. The molecule has 1 N–H and O–H groups in total. The maximum absolute atomic E-state index is 12.5. The largest absolute Gasteiger partial charge is 0.477 e. The lowest BCUT2D eigenvalue weighted by molar-refractivity contribution is 0.0686. The smallest absolute Gasteiger partial charge is 0.354 e. The molecule has 1 aromatic carbocycles. The fourth-order valence-corrected chi connectivity index (χ4v) is 2.90. The first-order chi connectivity index (χ1) is 12.1. The van der Waals surface area contributed by atoms with Crippen molar-refractivity contribution in [3.63, 3.8) is 0 Å². The number of carbonyl (C=O) groups is 2. The number of benzene rings is 1. The molecule has 0 aliphatic carbocycles. The van der Waals surface area contributed by atoms with E-state index in [2.05, 4.69) is 4.98 Å². The van der Waals surface area contributed by atoms with Crippen molar-refractivity contribution >= 4 is 11.9 Å². The van der Waals surface area contributed by atoms with E-state index in [-0.39, 0.29) is 11.6 Å². The summed E-state index contributed by atoms with van der Waals surface area (Å²) >= 11 is 0. The van der Waals surface area contributed by atoms with Gasteiger partial charge in [0.2, 0.25) is 0 Å². The van der Waals surface area contributed by atoms with Crippen molar-refractivity contribution in [2.45, 2.75) is 13.0 Å². The van der Waals surface area contributed by atoms with Gasteiger partial charge in [-0.1, -0.05) is 30.3 Å². The number of rotatable bonds is 6. The molecule has 1 saturated heterocycles. The molecule has 1 amide bonds. The monoisotopic (exact) mass is 340 g/mol. The summed E-state index contributed by atoms with van der Waals surface area (Å²) in [6.07, 6.45) is 2.23. The molecule has 1 atom stereocenters. The van der Waals surface area contributed by atoms with E-state index in [0.717, 1.165) is 12.0 Å². The maximum Gasteiger partial charge on any atom is 0.354 e. The van der Waals surface area contributed by atoms with Crippen molar-refractivity contribution in [3.05, 3.63) is 65.5 Å². The Morgan fingerprint density at radius 2 is 2.00 bits per heavy atom. The number of carboxylic acids is 1. The van der Waals surface area contributed by atoms with E-state index >= 15 is 0 Å². The summed E-state index contributed by atoms with van der Waals surface area (Å²) in [5.74, 6) is -0.898. The second-order valence-corrected chi connectivity index (χ2v) is 6.14. The Morgan fingerprint density at radius 3 is 2.68 bits per heavy atom. The van der Waals surface area contributed by atoms with Crippen LogP contribution in [0.2, 0.25) is 0 Å². The third-order valence-corrected chi connectivity index (χ3v) is 4.27. The van der Waals surface area contributed by atoms with Crippen LogP contribution < -0.4 is 0 Å². The highest BCUT2D eigenvalue weighted by Gasteiger charge is 2.27. The molecule has 0 radical (unpaired) electrons. The van der Waals surface area contributed by atoms with E-state index in [1.54, 1.807) is 4.90 Å². The number of amides is 1. The molecule has 1 aromatic heterocycles. The zero-order valence-electron chi connectivity index (χ0n) is 13.8. The standard InChI is InChI=1S/C19H20N2O4/c22-18(16-6-7-17(19(23)24)20-10-16)21-9-8-15(11-21)13-25-12-14-4-2-1-3-5-14/h1-7,10,15H,8-9,11-13H2,(H,23,24). The lowest BCUT2D eigenvalue weighted by atomic mass is 10.1. The molecule has 0 saturated carbocycles. The van der Waals surface area contributed by atoms with Crippen LogP contribution >= 0.6 is 0 Å². The summed E-state index contributed by atoms with van der Waals surface area (Å²) in [5.41, 5.74) is 1.49. The quantitative estimate of drug-likeness (QED) is 0.874. The number of ether oxygens (including phenoxy) is 1. The summed E-state index contributed by atoms with van der Waals surface area (Å²) in [5, 5.41) is 8.85. The minimum atomic E-state index is -1.10. The van der Waals surface area contributed by atoms with Crippen LogP contribution in [-0.2, 0) is 11.3 Å². The lowest BCUT2D eigenvalue weighted by Gasteiger charge is -2.16. The number of pyridine rings is 1. The van der Waals surface area contributed by atoms with E-state index in [1.807, 2.05) is 30.3 Å². The summed E-state index contributed by atoms with van der Waals surface area (Å²) in [4.78, 5) is 28.9. The SMILES string of the molecule is O=C(O)c1ccc(C(=O)N2CCC(COCc3ccccc3)C2)cn1. The lowest BCUT2D eigenvalue weighted by Crippen LogP contribution is -2.29. The normalized spacial score (nSPS) is 16.8. The van der Waals surface area contributed by atoms with Gasteiger partial charge >= 0.3 is 5.97 Å². The van der Waals surface area contributed by atoms with E-state index in [9.17, 15) is 9.59 Å². The summed E-state index contributed by atoms with van der Waals surface area (Å²) in [6, 6.07) is 12.9. The number of aromatic nitrogens is 1. The van der Waals surface area contributed by atoms with E-state index in [1.165, 1.54) is 18.3 Å². The second kappa shape index (κ2) is 7.90. The summed E-state index contributed by atoms with van der Waals surface area (Å²) in [6.45, 7) is 2.52. The molecular weight excluding hydrogens is 320 g/mol. The van der Waals surface area contributed by atoms with Crippen molar-refractivity contribution in [3.8, 4) is 0 Å². The van der Waals surface area contributed by atoms with Gasteiger partial charge in [0.05, 0.1) is 18.8 Å². The first kappa shape index (κ1) is 17.1. The van der Waals surface area contributed by atoms with Gasteiger partial charge in [0.1, 0.15) is 5.69 Å². The van der Waals surface area contributed by atoms with Crippen LogP contribution in [0.1, 0.15) is 32.8 Å². The summed E-state index contributed by atoms with van der Waals surface area (Å²) < 4.78 is 5.76. The predicted molar refractivity (Wildman–Crippen MR) is 91.3 cm³/mol. The van der Waals surface area contributed by atoms with Gasteiger partial charge < -0.3 is 14.7 Å². The Hall–Kier alpha value is -2.73. The average molecular weight is 340 g/mol. The van der Waals surface area contributed by atoms with Crippen LogP contribution in [0.5, 0.6) is 0 Å². The highest BCUT2D eigenvalue weighted by molar-refractivity contribution is 5.95. The van der Waals surface area contributed by atoms with Crippen molar-refractivity contribution in [1.82, 2.24) is 9.88 Å². The molecule has 1 aliphatic heterocycles. The molecule has 130 valence electrons. The van der Waals surface area contributed by atoms with E-state index in [4.69, 9.17) is 9.84 Å². The van der Waals surface area contributed by atoms with E-state index < -0.39 is 5.97 Å². The van der Waals surface area contributed by atoms with Gasteiger partial charge in [-0.05, 0) is 24.1 Å². The third-order valence-electron chi connectivity index (χ3n) is 4.27. The van der Waals surface area contributed by atoms with Gasteiger partial charge in [-0.3, -0.25) is 4.79 Å². The number of hydrogen-bond donors (Lipinski definition) is 1. The minimum Gasteiger partial charge on any atom is -0.477 e. The first-order valence-electron chi connectivity index (χ1n) is 8.24. The zero-order chi connectivity index (χ0) is 17.6. The van der Waals surface area contributed by atoms with Crippen LogP contribution in [0.15, 0.2) is 48.7 Å². The highest BCUT2D eigenvalue weighted by Crippen LogP contribution is 2.19. The topological polar surface area (TPSA) is 79.7 Å². The molecule has 1 fully saturated rings. The van der Waals surface area contributed by atoms with Crippen molar-refractivity contribution in [2.75, 3.05) is 19.7 Å². The van der Waals surface area contributed by atoms with Crippen LogP contribution in [0.4, 0.5) is 0 Å². The fraction of sp³-hybridized carbons (Fsp3) is 0.316. The van der Waals surface area contributed by atoms with Gasteiger partial charge in [-0.2, -0.15) is 0 Å². The Bertz CT molecular complexity index is 731. The van der Waals surface area contributed by atoms with Crippen LogP contribution in [-0.4, -0.2) is 46.6 Å². The van der Waals surface area contributed by atoms with Gasteiger partial charge in [0, 0.05) is 25.2 Å². The molecule has 0 bridgehead atoms. The van der Waals surface area contributed by atoms with Gasteiger partial charge in [-0.15, -0.1) is 0 Å².